The molecule has 0 aliphatic heterocycles. The molecule has 0 spiro atoms. The lowest BCUT2D eigenvalue weighted by molar-refractivity contribution is 0.0785. The van der Waals surface area contributed by atoms with E-state index in [0.29, 0.717) is 22.2 Å². The van der Waals surface area contributed by atoms with Crippen LogP contribution < -0.4 is 0 Å². The highest BCUT2D eigenvalue weighted by Crippen LogP contribution is 2.23. The minimum Gasteiger partial charge on any atom is -0.337 e. The van der Waals surface area contributed by atoms with E-state index < -0.39 is 0 Å². The van der Waals surface area contributed by atoms with Gasteiger partial charge in [-0.2, -0.15) is 0 Å². The number of carbonyl (C=O) groups is 1. The third-order valence-corrected chi connectivity index (χ3v) is 4.30. The molecule has 2 aromatic rings. The van der Waals surface area contributed by atoms with Crippen LogP contribution in [0.3, 0.4) is 0 Å². The number of rotatable bonds is 3. The van der Waals surface area contributed by atoms with Gasteiger partial charge in [-0.1, -0.05) is 29.3 Å². The summed E-state index contributed by atoms with van der Waals surface area (Å²) in [6.45, 7) is 0.488. The van der Waals surface area contributed by atoms with E-state index in [1.807, 2.05) is 30.3 Å². The summed E-state index contributed by atoms with van der Waals surface area (Å²) in [4.78, 5) is 13.9. The van der Waals surface area contributed by atoms with Crippen molar-refractivity contribution in [1.29, 1.82) is 0 Å². The van der Waals surface area contributed by atoms with Crippen LogP contribution in [0.1, 0.15) is 15.9 Å². The summed E-state index contributed by atoms with van der Waals surface area (Å²) < 4.78 is 1.10. The molecule has 0 N–H and O–H groups in total. The SMILES string of the molecule is CN(Cc1ccc(Cl)c(Cl)c1)C(=O)c1ccc(I)cc1. The Morgan fingerprint density at radius 1 is 1.10 bits per heavy atom. The van der Waals surface area contributed by atoms with E-state index in [1.165, 1.54) is 0 Å². The van der Waals surface area contributed by atoms with Gasteiger partial charge >= 0.3 is 0 Å². The Morgan fingerprint density at radius 3 is 2.35 bits per heavy atom. The summed E-state index contributed by atoms with van der Waals surface area (Å²) in [7, 11) is 1.77. The van der Waals surface area contributed by atoms with Crippen LogP contribution in [0, 0.1) is 3.57 Å². The van der Waals surface area contributed by atoms with E-state index in [1.54, 1.807) is 24.1 Å². The maximum Gasteiger partial charge on any atom is 0.253 e. The zero-order chi connectivity index (χ0) is 14.7. The van der Waals surface area contributed by atoms with Crippen LogP contribution >= 0.6 is 45.8 Å². The minimum absolute atomic E-state index is 0.0209. The maximum absolute atomic E-state index is 12.3. The molecule has 5 heteroatoms. The average molecular weight is 420 g/mol. The van der Waals surface area contributed by atoms with Crippen LogP contribution in [0.15, 0.2) is 42.5 Å². The molecule has 2 nitrogen and oxygen atoms in total. The molecule has 0 unspecified atom stereocenters. The Balaban J connectivity index is 2.11. The molecule has 0 saturated heterocycles. The molecule has 0 atom stereocenters. The number of amides is 1. The average Bonchev–Trinajstić information content (AvgIpc) is 2.43. The fourth-order valence-electron chi connectivity index (χ4n) is 1.80. The van der Waals surface area contributed by atoms with E-state index in [2.05, 4.69) is 22.6 Å². The van der Waals surface area contributed by atoms with Crippen LogP contribution in [-0.4, -0.2) is 17.9 Å². The van der Waals surface area contributed by atoms with Gasteiger partial charge in [0.25, 0.3) is 5.91 Å². The van der Waals surface area contributed by atoms with Crippen molar-refractivity contribution in [2.24, 2.45) is 0 Å². The lowest BCUT2D eigenvalue weighted by Gasteiger charge is -2.17. The summed E-state index contributed by atoms with van der Waals surface area (Å²) in [6.07, 6.45) is 0. The fraction of sp³-hybridized carbons (Fsp3) is 0.133. The van der Waals surface area contributed by atoms with Gasteiger partial charge in [-0.3, -0.25) is 4.79 Å². The van der Waals surface area contributed by atoms with Crippen LogP contribution in [-0.2, 0) is 6.54 Å². The second kappa shape index (κ2) is 6.78. The van der Waals surface area contributed by atoms with Gasteiger partial charge in [-0.05, 0) is 64.6 Å². The lowest BCUT2D eigenvalue weighted by atomic mass is 10.1. The normalized spacial score (nSPS) is 10.4. The first-order chi connectivity index (χ1) is 9.47. The Hall–Kier alpha value is -0.780. The third-order valence-electron chi connectivity index (χ3n) is 2.84. The zero-order valence-electron chi connectivity index (χ0n) is 10.7. The zero-order valence-corrected chi connectivity index (χ0v) is 14.4. The second-order valence-corrected chi connectivity index (χ2v) is 6.48. The smallest absolute Gasteiger partial charge is 0.253 e. The molecule has 0 radical (unpaired) electrons. The van der Waals surface area contributed by atoms with Gasteiger partial charge in [0, 0.05) is 22.7 Å². The van der Waals surface area contributed by atoms with Gasteiger partial charge < -0.3 is 4.90 Å². The first-order valence-electron chi connectivity index (χ1n) is 5.92. The number of carbonyl (C=O) groups excluding carboxylic acids is 1. The summed E-state index contributed by atoms with van der Waals surface area (Å²) in [5.74, 6) is -0.0209. The Morgan fingerprint density at radius 2 is 1.75 bits per heavy atom. The number of hydrogen-bond donors (Lipinski definition) is 0. The molecule has 1 amide bonds. The Labute approximate surface area is 141 Å². The summed E-state index contributed by atoms with van der Waals surface area (Å²) in [5, 5.41) is 1.02. The van der Waals surface area contributed by atoms with Crippen molar-refractivity contribution in [3.63, 3.8) is 0 Å². The van der Waals surface area contributed by atoms with Gasteiger partial charge in [0.15, 0.2) is 0 Å². The number of halogens is 3. The summed E-state index contributed by atoms with van der Waals surface area (Å²) in [6, 6.07) is 12.9. The highest BCUT2D eigenvalue weighted by atomic mass is 127. The van der Waals surface area contributed by atoms with Gasteiger partial charge in [-0.15, -0.1) is 0 Å². The topological polar surface area (TPSA) is 20.3 Å². The molecule has 0 aliphatic rings. The van der Waals surface area contributed by atoms with Gasteiger partial charge in [0.05, 0.1) is 10.0 Å². The molecule has 0 aromatic heterocycles. The summed E-state index contributed by atoms with van der Waals surface area (Å²) >= 11 is 14.1. The van der Waals surface area contributed by atoms with Crippen molar-refractivity contribution >= 4 is 51.7 Å². The van der Waals surface area contributed by atoms with E-state index in [4.69, 9.17) is 23.2 Å². The Bertz CT molecular complexity index is 628. The molecule has 0 bridgehead atoms. The minimum atomic E-state index is -0.0209. The number of nitrogens with zero attached hydrogens (tertiary/aromatic N) is 1. The van der Waals surface area contributed by atoms with Crippen LogP contribution in [0.2, 0.25) is 10.0 Å². The quantitative estimate of drug-likeness (QED) is 0.650. The largest absolute Gasteiger partial charge is 0.337 e. The fourth-order valence-corrected chi connectivity index (χ4v) is 2.48. The predicted octanol–water partition coefficient (Wildman–Crippen LogP) is 4.87. The second-order valence-electron chi connectivity index (χ2n) is 4.42. The van der Waals surface area contributed by atoms with Crippen molar-refractivity contribution in [3.8, 4) is 0 Å². The van der Waals surface area contributed by atoms with Gasteiger partial charge in [0.1, 0.15) is 0 Å². The van der Waals surface area contributed by atoms with E-state index >= 15 is 0 Å². The molecule has 0 saturated carbocycles. The van der Waals surface area contributed by atoms with Crippen molar-refractivity contribution < 1.29 is 4.79 Å². The lowest BCUT2D eigenvalue weighted by Crippen LogP contribution is -2.26. The van der Waals surface area contributed by atoms with Crippen LogP contribution in [0.5, 0.6) is 0 Å². The molecule has 2 rings (SSSR count). The van der Waals surface area contributed by atoms with E-state index in [-0.39, 0.29) is 5.91 Å². The van der Waals surface area contributed by atoms with Crippen molar-refractivity contribution in [2.45, 2.75) is 6.54 Å². The molecule has 0 fully saturated rings. The molecular formula is C15H12Cl2INO. The number of benzene rings is 2. The highest BCUT2D eigenvalue weighted by Gasteiger charge is 2.12. The van der Waals surface area contributed by atoms with Gasteiger partial charge in [-0.25, -0.2) is 0 Å². The number of hydrogen-bond acceptors (Lipinski definition) is 1. The first kappa shape index (κ1) is 15.6. The molecule has 20 heavy (non-hydrogen) atoms. The third kappa shape index (κ3) is 3.87. The Kier molecular flexibility index (Phi) is 5.29. The predicted molar refractivity (Wildman–Crippen MR) is 91.4 cm³/mol. The van der Waals surface area contributed by atoms with Crippen LogP contribution in [0.4, 0.5) is 0 Å². The molecular weight excluding hydrogens is 408 g/mol. The van der Waals surface area contributed by atoms with Crippen molar-refractivity contribution in [3.05, 3.63) is 67.2 Å². The maximum atomic E-state index is 12.3. The summed E-state index contributed by atoms with van der Waals surface area (Å²) in [5.41, 5.74) is 1.62. The monoisotopic (exact) mass is 419 g/mol. The molecule has 104 valence electrons. The standard InChI is InChI=1S/C15H12Cl2INO/c1-19(9-10-2-7-13(16)14(17)8-10)15(20)11-3-5-12(18)6-4-11/h2-8H,9H2,1H3. The molecule has 0 heterocycles. The van der Waals surface area contributed by atoms with E-state index in [9.17, 15) is 4.79 Å². The van der Waals surface area contributed by atoms with Gasteiger partial charge in [0.2, 0.25) is 0 Å². The van der Waals surface area contributed by atoms with Crippen molar-refractivity contribution in [2.75, 3.05) is 7.05 Å². The highest BCUT2D eigenvalue weighted by molar-refractivity contribution is 14.1. The van der Waals surface area contributed by atoms with Crippen LogP contribution in [0.25, 0.3) is 0 Å². The molecule has 2 aromatic carbocycles. The molecule has 0 aliphatic carbocycles. The van der Waals surface area contributed by atoms with Crippen molar-refractivity contribution in [1.82, 2.24) is 4.90 Å². The first-order valence-corrected chi connectivity index (χ1v) is 7.76. The van der Waals surface area contributed by atoms with E-state index in [0.717, 1.165) is 9.13 Å².